The quantitative estimate of drug-likeness (QED) is 0.703. The lowest BCUT2D eigenvalue weighted by molar-refractivity contribution is -0.144. The van der Waals surface area contributed by atoms with Crippen molar-refractivity contribution in [3.63, 3.8) is 0 Å². The lowest BCUT2D eigenvalue weighted by Crippen LogP contribution is -2.55. The number of fused-ring (bicyclic) bond motifs is 2. The number of carbonyl (C=O) groups is 2. The van der Waals surface area contributed by atoms with Crippen LogP contribution < -0.4 is 0 Å². The summed E-state index contributed by atoms with van der Waals surface area (Å²) in [5, 5.41) is 0. The molecule has 3 nitrogen and oxygen atoms in total. The Morgan fingerprint density at radius 2 is 2.06 bits per heavy atom. The first kappa shape index (κ1) is 11.9. The minimum absolute atomic E-state index is 0.0840. The van der Waals surface area contributed by atoms with Crippen LogP contribution in [0.2, 0.25) is 0 Å². The van der Waals surface area contributed by atoms with Gasteiger partial charge < -0.3 is 0 Å². The minimum Gasteiger partial charge on any atom is -0.275 e. The molecule has 0 aromatic carbocycles. The number of nitrogens with zero attached hydrogens (tertiary/aromatic N) is 1. The van der Waals surface area contributed by atoms with E-state index in [4.69, 9.17) is 0 Å². The van der Waals surface area contributed by atoms with E-state index in [1.165, 1.54) is 30.2 Å². The van der Waals surface area contributed by atoms with E-state index >= 15 is 0 Å². The third-order valence-corrected chi connectivity index (χ3v) is 5.61. The van der Waals surface area contributed by atoms with Gasteiger partial charge in [0.25, 0.3) is 11.8 Å². The Morgan fingerprint density at radius 3 is 2.56 bits per heavy atom. The fourth-order valence-corrected chi connectivity index (χ4v) is 4.23. The molecule has 3 fully saturated rings. The van der Waals surface area contributed by atoms with Crippen LogP contribution in [0.1, 0.15) is 40.0 Å². The molecule has 3 unspecified atom stereocenters. The van der Waals surface area contributed by atoms with Crippen molar-refractivity contribution in [3.05, 3.63) is 11.6 Å². The fourth-order valence-electron chi connectivity index (χ4n) is 4.23. The Labute approximate surface area is 108 Å². The van der Waals surface area contributed by atoms with Gasteiger partial charge in [0, 0.05) is 18.2 Å². The molecule has 2 amide bonds. The molecule has 3 saturated carbocycles. The van der Waals surface area contributed by atoms with Crippen LogP contribution in [0.3, 0.4) is 0 Å². The summed E-state index contributed by atoms with van der Waals surface area (Å²) in [6.45, 7) is 7.04. The molecule has 0 saturated heterocycles. The van der Waals surface area contributed by atoms with Gasteiger partial charge in [-0.1, -0.05) is 13.8 Å². The van der Waals surface area contributed by atoms with Crippen LogP contribution in [-0.4, -0.2) is 23.3 Å². The normalized spacial score (nSPS) is 37.6. The molecule has 0 aromatic rings. The molecule has 3 atom stereocenters. The van der Waals surface area contributed by atoms with Crippen molar-refractivity contribution in [2.24, 2.45) is 23.2 Å². The molecule has 0 N–H and O–H groups in total. The molecule has 4 rings (SSSR count). The summed E-state index contributed by atoms with van der Waals surface area (Å²) in [7, 11) is 0. The van der Waals surface area contributed by atoms with E-state index in [1.807, 2.05) is 0 Å². The van der Waals surface area contributed by atoms with Crippen molar-refractivity contribution in [3.8, 4) is 0 Å². The van der Waals surface area contributed by atoms with Crippen LogP contribution in [-0.2, 0) is 9.59 Å². The van der Waals surface area contributed by atoms with Gasteiger partial charge in [0.05, 0.1) is 0 Å². The molecule has 98 valence electrons. The topological polar surface area (TPSA) is 37.4 Å². The van der Waals surface area contributed by atoms with Gasteiger partial charge >= 0.3 is 0 Å². The van der Waals surface area contributed by atoms with Gasteiger partial charge in [-0.2, -0.15) is 0 Å². The summed E-state index contributed by atoms with van der Waals surface area (Å²) in [6.07, 6.45) is 5.20. The maximum Gasteiger partial charge on any atom is 0.256 e. The maximum absolute atomic E-state index is 11.9. The molecule has 3 heteroatoms. The standard InChI is InChI=1S/C15H21NO2/c1-9-6-13(17)16(14(9)18)8-10-4-5-11-7-12(10)15(11,2)3/h6,10-12H,4-5,7-8H2,1-3H3. The number of hydrogen-bond acceptors (Lipinski definition) is 2. The predicted molar refractivity (Wildman–Crippen MR) is 68.6 cm³/mol. The first-order valence-electron chi connectivity index (χ1n) is 6.95. The molecule has 18 heavy (non-hydrogen) atoms. The Balaban J connectivity index is 1.71. The second-order valence-corrected chi connectivity index (χ2v) is 6.78. The Morgan fingerprint density at radius 1 is 1.33 bits per heavy atom. The average Bonchev–Trinajstić information content (AvgIpc) is 2.56. The minimum atomic E-state index is -0.114. The lowest BCUT2D eigenvalue weighted by Gasteiger charge is -2.60. The van der Waals surface area contributed by atoms with E-state index < -0.39 is 0 Å². The van der Waals surface area contributed by atoms with Crippen molar-refractivity contribution in [1.82, 2.24) is 4.90 Å². The SMILES string of the molecule is CC1=CC(=O)N(CC2CCC3CC2C3(C)C)C1=O. The second kappa shape index (κ2) is 3.69. The summed E-state index contributed by atoms with van der Waals surface area (Å²) >= 11 is 0. The van der Waals surface area contributed by atoms with Gasteiger partial charge in [-0.15, -0.1) is 0 Å². The van der Waals surface area contributed by atoms with E-state index in [0.717, 1.165) is 5.92 Å². The molecule has 4 aliphatic rings. The molecule has 1 heterocycles. The summed E-state index contributed by atoms with van der Waals surface area (Å²) in [5.41, 5.74) is 0.999. The van der Waals surface area contributed by atoms with Gasteiger partial charge in [-0.25, -0.2) is 0 Å². The van der Waals surface area contributed by atoms with E-state index in [2.05, 4.69) is 13.8 Å². The lowest BCUT2D eigenvalue weighted by atomic mass is 9.45. The highest BCUT2D eigenvalue weighted by atomic mass is 16.2. The van der Waals surface area contributed by atoms with Gasteiger partial charge in [0.15, 0.2) is 0 Å². The van der Waals surface area contributed by atoms with E-state index in [-0.39, 0.29) is 11.8 Å². The first-order chi connectivity index (χ1) is 8.41. The zero-order valence-electron chi connectivity index (χ0n) is 11.4. The first-order valence-corrected chi connectivity index (χ1v) is 6.95. The third-order valence-electron chi connectivity index (χ3n) is 5.61. The van der Waals surface area contributed by atoms with Gasteiger partial charge in [-0.05, 0) is 49.4 Å². The zero-order chi connectivity index (χ0) is 13.1. The van der Waals surface area contributed by atoms with E-state index in [1.54, 1.807) is 6.92 Å². The van der Waals surface area contributed by atoms with Crippen LogP contribution in [0.5, 0.6) is 0 Å². The molecular formula is C15H21NO2. The molecular weight excluding hydrogens is 226 g/mol. The largest absolute Gasteiger partial charge is 0.275 e. The highest BCUT2D eigenvalue weighted by Crippen LogP contribution is 2.61. The number of hydrogen-bond donors (Lipinski definition) is 0. The van der Waals surface area contributed by atoms with Gasteiger partial charge in [-0.3, -0.25) is 14.5 Å². The number of rotatable bonds is 2. The highest BCUT2D eigenvalue weighted by molar-refractivity contribution is 6.15. The summed E-state index contributed by atoms with van der Waals surface area (Å²) in [5.74, 6) is 1.87. The smallest absolute Gasteiger partial charge is 0.256 e. The monoisotopic (exact) mass is 247 g/mol. The number of carbonyl (C=O) groups excluding carboxylic acids is 2. The molecule has 1 aliphatic heterocycles. The summed E-state index contributed by atoms with van der Waals surface area (Å²) in [6, 6.07) is 0. The van der Waals surface area contributed by atoms with Crippen LogP contribution in [0, 0.1) is 23.2 Å². The van der Waals surface area contributed by atoms with Crippen molar-refractivity contribution >= 4 is 11.8 Å². The molecule has 0 radical (unpaired) electrons. The average molecular weight is 247 g/mol. The molecule has 2 bridgehead atoms. The van der Waals surface area contributed by atoms with Crippen molar-refractivity contribution in [2.45, 2.75) is 40.0 Å². The second-order valence-electron chi connectivity index (χ2n) is 6.78. The van der Waals surface area contributed by atoms with Crippen LogP contribution >= 0.6 is 0 Å². The van der Waals surface area contributed by atoms with E-state index in [0.29, 0.717) is 29.4 Å². The van der Waals surface area contributed by atoms with Gasteiger partial charge in [0.1, 0.15) is 0 Å². The zero-order valence-corrected chi connectivity index (χ0v) is 11.4. The highest BCUT2D eigenvalue weighted by Gasteiger charge is 2.54. The summed E-state index contributed by atoms with van der Waals surface area (Å²) < 4.78 is 0. The van der Waals surface area contributed by atoms with Crippen LogP contribution in [0.25, 0.3) is 0 Å². The summed E-state index contributed by atoms with van der Waals surface area (Å²) in [4.78, 5) is 25.1. The van der Waals surface area contributed by atoms with Gasteiger partial charge in [0.2, 0.25) is 0 Å². The van der Waals surface area contributed by atoms with Crippen molar-refractivity contribution in [1.29, 1.82) is 0 Å². The molecule has 0 spiro atoms. The van der Waals surface area contributed by atoms with Crippen LogP contribution in [0.4, 0.5) is 0 Å². The van der Waals surface area contributed by atoms with E-state index in [9.17, 15) is 9.59 Å². The molecule has 3 aliphatic carbocycles. The third kappa shape index (κ3) is 1.49. The number of imide groups is 1. The van der Waals surface area contributed by atoms with Crippen molar-refractivity contribution < 1.29 is 9.59 Å². The molecule has 0 aromatic heterocycles. The Hall–Kier alpha value is -1.12. The Bertz CT molecular complexity index is 447. The van der Waals surface area contributed by atoms with Crippen LogP contribution in [0.15, 0.2) is 11.6 Å². The number of amides is 2. The fraction of sp³-hybridized carbons (Fsp3) is 0.733. The predicted octanol–water partition coefficient (Wildman–Crippen LogP) is 2.37. The Kier molecular flexibility index (Phi) is 2.45. The maximum atomic E-state index is 11.9. The van der Waals surface area contributed by atoms with Crippen molar-refractivity contribution in [2.75, 3.05) is 6.54 Å².